The number of nitrogens with one attached hydrogen (secondary N) is 3. The first kappa shape index (κ1) is 21.0. The van der Waals surface area contributed by atoms with E-state index in [1.54, 1.807) is 0 Å². The molecule has 1 aliphatic heterocycles. The number of anilines is 1. The number of amides is 1. The van der Waals surface area contributed by atoms with Gasteiger partial charge in [-0.15, -0.1) is 0 Å². The van der Waals surface area contributed by atoms with Gasteiger partial charge in [0.1, 0.15) is 5.56 Å². The lowest BCUT2D eigenvalue weighted by Crippen LogP contribution is -2.35. The molecule has 1 saturated carbocycles. The van der Waals surface area contributed by atoms with Crippen LogP contribution in [0, 0.1) is 0 Å². The zero-order valence-corrected chi connectivity index (χ0v) is 17.8. The van der Waals surface area contributed by atoms with Crippen molar-refractivity contribution in [2.45, 2.75) is 37.5 Å². The number of alkyl halides is 3. The highest BCUT2D eigenvalue weighted by atomic mass is 31.2. The smallest absolute Gasteiger partial charge is 0.360 e. The summed E-state index contributed by atoms with van der Waals surface area (Å²) in [7, 11) is -3.21. The van der Waals surface area contributed by atoms with Crippen LogP contribution in [0.4, 0.5) is 19.1 Å². The van der Waals surface area contributed by atoms with E-state index in [0.717, 1.165) is 25.5 Å². The number of aromatic amines is 1. The van der Waals surface area contributed by atoms with Crippen molar-refractivity contribution in [2.24, 2.45) is 5.73 Å². The maximum atomic E-state index is 13.8. The van der Waals surface area contributed by atoms with Gasteiger partial charge in [-0.2, -0.15) is 13.2 Å². The minimum atomic E-state index is -4.69. The Balaban J connectivity index is 1.67. The number of hydrogen-bond donors (Lipinski definition) is 4. The Bertz CT molecular complexity index is 1300. The molecule has 0 bridgehead atoms. The van der Waals surface area contributed by atoms with Gasteiger partial charge in [0.05, 0.1) is 22.1 Å². The Kier molecular flexibility index (Phi) is 4.62. The van der Waals surface area contributed by atoms with Crippen LogP contribution >= 0.6 is 7.29 Å². The van der Waals surface area contributed by atoms with E-state index in [2.05, 4.69) is 25.4 Å². The molecule has 2 aromatic heterocycles. The third-order valence-corrected chi connectivity index (χ3v) is 8.00. The maximum absolute atomic E-state index is 13.8. The van der Waals surface area contributed by atoms with Crippen LogP contribution in [0.5, 0.6) is 0 Å². The van der Waals surface area contributed by atoms with Crippen molar-refractivity contribution >= 4 is 35.4 Å². The molecule has 1 unspecified atom stereocenters. The van der Waals surface area contributed by atoms with E-state index in [0.29, 0.717) is 10.9 Å². The molecular formula is C20H20F3N6O2P. The van der Waals surface area contributed by atoms with Crippen LogP contribution < -0.4 is 21.4 Å². The molecule has 0 radical (unpaired) electrons. The predicted molar refractivity (Wildman–Crippen MR) is 114 cm³/mol. The first-order valence-electron chi connectivity index (χ1n) is 10.1. The summed E-state index contributed by atoms with van der Waals surface area (Å²) in [6.07, 6.45) is -0.0156. The summed E-state index contributed by atoms with van der Waals surface area (Å²) in [5.74, 6) is -0.412. The van der Waals surface area contributed by atoms with Crippen LogP contribution in [0.3, 0.4) is 0 Å². The van der Waals surface area contributed by atoms with Gasteiger partial charge in [0.2, 0.25) is 13.2 Å². The number of aromatic nitrogens is 3. The van der Waals surface area contributed by atoms with Crippen molar-refractivity contribution in [1.29, 1.82) is 0 Å². The quantitative estimate of drug-likeness (QED) is 0.441. The third kappa shape index (κ3) is 3.27. The normalized spacial score (nSPS) is 25.2. The molecule has 3 aromatic rings. The maximum Gasteiger partial charge on any atom is 0.419 e. The Morgan fingerprint density at radius 1 is 1.25 bits per heavy atom. The Morgan fingerprint density at radius 3 is 2.72 bits per heavy atom. The van der Waals surface area contributed by atoms with Crippen molar-refractivity contribution < 1.29 is 22.5 Å². The van der Waals surface area contributed by atoms with Gasteiger partial charge in [0, 0.05) is 42.1 Å². The Morgan fingerprint density at radius 2 is 2.03 bits per heavy atom. The molecule has 32 heavy (non-hydrogen) atoms. The minimum Gasteiger partial charge on any atom is -0.360 e. The number of hydrogen-bond acceptors (Lipinski definition) is 6. The summed E-state index contributed by atoms with van der Waals surface area (Å²) in [5, 5.41) is 6.18. The zero-order chi connectivity index (χ0) is 22.8. The highest BCUT2D eigenvalue weighted by Gasteiger charge is 2.39. The fourth-order valence-electron chi connectivity index (χ4n) is 4.51. The molecule has 3 heterocycles. The summed E-state index contributed by atoms with van der Waals surface area (Å²) in [5.41, 5.74) is 5.53. The topological polar surface area (TPSA) is 126 Å². The number of halogens is 3. The molecule has 1 fully saturated rings. The minimum absolute atomic E-state index is 0.0591. The molecule has 0 saturated heterocycles. The van der Waals surface area contributed by atoms with Gasteiger partial charge in [-0.05, 0) is 25.3 Å². The number of nitrogens with two attached hydrogens (primary N) is 1. The van der Waals surface area contributed by atoms with Crippen molar-refractivity contribution in [2.75, 3.05) is 12.0 Å². The number of benzene rings is 1. The van der Waals surface area contributed by atoms with E-state index in [-0.39, 0.29) is 40.2 Å². The number of H-pyrrole nitrogens is 1. The molecule has 1 aliphatic carbocycles. The van der Waals surface area contributed by atoms with E-state index in [1.807, 2.05) is 0 Å². The van der Waals surface area contributed by atoms with Gasteiger partial charge < -0.3 is 16.0 Å². The second-order valence-electron chi connectivity index (χ2n) is 8.25. The molecule has 5 N–H and O–H groups in total. The summed E-state index contributed by atoms with van der Waals surface area (Å²) < 4.78 is 54.3. The van der Waals surface area contributed by atoms with Crippen molar-refractivity contribution in [3.05, 3.63) is 35.7 Å². The standard InChI is InChI=1S/C20H20F3N6O2P/c1-32(31)17-10(18(30)29-32)6-5-9-11(7-25-16(9)17)15-12(20(21,22)23)8-26-19(28-15)27-14-4-2-3-13(14)24/h5-8,13-14,25H,2-4,24H2,1H3,(H,26,27,28)(H,29,30,31)/t13-,14-,32?/m0/s1. The van der Waals surface area contributed by atoms with Crippen LogP contribution in [-0.4, -0.2) is 39.6 Å². The first-order valence-corrected chi connectivity index (χ1v) is 12.2. The van der Waals surface area contributed by atoms with E-state index >= 15 is 0 Å². The third-order valence-electron chi connectivity index (χ3n) is 6.05. The fourth-order valence-corrected chi connectivity index (χ4v) is 6.38. The van der Waals surface area contributed by atoms with Crippen molar-refractivity contribution in [3.8, 4) is 11.3 Å². The zero-order valence-electron chi connectivity index (χ0n) is 17.0. The predicted octanol–water partition coefficient (Wildman–Crippen LogP) is 3.21. The average Bonchev–Trinajstić information content (AvgIpc) is 3.37. The van der Waals surface area contributed by atoms with E-state index in [1.165, 1.54) is 25.0 Å². The molecule has 168 valence electrons. The lowest BCUT2D eigenvalue weighted by molar-refractivity contribution is -0.137. The largest absolute Gasteiger partial charge is 0.419 e. The molecule has 0 spiro atoms. The number of rotatable bonds is 3. The van der Waals surface area contributed by atoms with Crippen LogP contribution in [0.25, 0.3) is 22.2 Å². The lowest BCUT2D eigenvalue weighted by atomic mass is 10.0. The number of carbonyl (C=O) groups is 1. The van der Waals surface area contributed by atoms with Gasteiger partial charge in [-0.1, -0.05) is 6.07 Å². The summed E-state index contributed by atoms with van der Waals surface area (Å²) in [6.45, 7) is 1.41. The molecular weight excluding hydrogens is 444 g/mol. The van der Waals surface area contributed by atoms with Crippen LogP contribution in [0.15, 0.2) is 24.5 Å². The second-order valence-corrected chi connectivity index (χ2v) is 10.8. The molecule has 3 atom stereocenters. The fraction of sp³-hybridized carbons (Fsp3) is 0.350. The monoisotopic (exact) mass is 464 g/mol. The highest BCUT2D eigenvalue weighted by molar-refractivity contribution is 7.71. The van der Waals surface area contributed by atoms with Crippen molar-refractivity contribution in [3.63, 3.8) is 0 Å². The Hall–Kier alpha value is -2.91. The van der Waals surface area contributed by atoms with Gasteiger partial charge in [-0.3, -0.25) is 14.4 Å². The van der Waals surface area contributed by atoms with Gasteiger partial charge in [0.15, 0.2) is 0 Å². The second kappa shape index (κ2) is 7.05. The average molecular weight is 464 g/mol. The lowest BCUT2D eigenvalue weighted by Gasteiger charge is -2.19. The molecule has 12 heteroatoms. The summed E-state index contributed by atoms with van der Waals surface area (Å²) in [6, 6.07) is 2.77. The molecule has 1 aromatic carbocycles. The van der Waals surface area contributed by atoms with Gasteiger partial charge in [0.25, 0.3) is 5.91 Å². The van der Waals surface area contributed by atoms with E-state index in [9.17, 15) is 22.5 Å². The van der Waals surface area contributed by atoms with Crippen LogP contribution in [0.2, 0.25) is 0 Å². The van der Waals surface area contributed by atoms with E-state index in [4.69, 9.17) is 5.73 Å². The molecule has 1 amide bonds. The van der Waals surface area contributed by atoms with Crippen molar-refractivity contribution in [1.82, 2.24) is 20.0 Å². The number of fused-ring (bicyclic) bond motifs is 3. The number of carbonyl (C=O) groups excluding carboxylic acids is 1. The molecule has 8 nitrogen and oxygen atoms in total. The summed E-state index contributed by atoms with van der Waals surface area (Å²) >= 11 is 0. The van der Waals surface area contributed by atoms with Crippen LogP contribution in [-0.2, 0) is 10.7 Å². The van der Waals surface area contributed by atoms with E-state index < -0.39 is 24.9 Å². The van der Waals surface area contributed by atoms with Gasteiger partial charge in [-0.25, -0.2) is 9.97 Å². The molecule has 5 rings (SSSR count). The summed E-state index contributed by atoms with van der Waals surface area (Å²) in [4.78, 5) is 23.1. The van der Waals surface area contributed by atoms with Gasteiger partial charge >= 0.3 is 6.18 Å². The SMILES string of the molecule is CP1(=O)NC(=O)c2ccc3c(-c4nc(N[C@H]5CCC[C@@H]5N)ncc4C(F)(F)F)c[nH]c3c21. The van der Waals surface area contributed by atoms with Crippen LogP contribution in [0.1, 0.15) is 35.2 Å². The Labute approximate surface area is 180 Å². The first-order chi connectivity index (χ1) is 15.1. The highest BCUT2D eigenvalue weighted by Crippen LogP contribution is 2.45. The molecule has 2 aliphatic rings. The number of nitrogens with zero attached hydrogens (tertiary/aromatic N) is 2.